The Morgan fingerprint density at radius 2 is 1.62 bits per heavy atom. The molecule has 8 heteroatoms. The van der Waals surface area contributed by atoms with Crippen LogP contribution in [0.25, 0.3) is 0 Å². The van der Waals surface area contributed by atoms with Gasteiger partial charge in [0, 0.05) is 25.8 Å². The van der Waals surface area contributed by atoms with Gasteiger partial charge >= 0.3 is 0 Å². The average Bonchev–Trinajstić information content (AvgIpc) is 2.84. The quantitative estimate of drug-likeness (QED) is 0.571. The van der Waals surface area contributed by atoms with Crippen LogP contribution >= 0.6 is 0 Å². The van der Waals surface area contributed by atoms with Crippen LogP contribution in [0.4, 0.5) is 11.5 Å². The molecule has 0 bridgehead atoms. The van der Waals surface area contributed by atoms with Gasteiger partial charge < -0.3 is 10.2 Å². The van der Waals surface area contributed by atoms with Crippen molar-refractivity contribution in [3.63, 3.8) is 0 Å². The number of anilines is 2. The molecule has 0 unspecified atom stereocenters. The summed E-state index contributed by atoms with van der Waals surface area (Å²) in [6, 6.07) is 18.8. The zero-order valence-electron chi connectivity index (χ0n) is 17.7. The Bertz CT molecular complexity index is 1180. The predicted octanol–water partition coefficient (Wildman–Crippen LogP) is 3.80. The molecule has 1 aliphatic heterocycles. The maximum Gasteiger partial charge on any atom is 0.261 e. The molecule has 0 radical (unpaired) electrons. The van der Waals surface area contributed by atoms with Gasteiger partial charge in [0.25, 0.3) is 15.9 Å². The van der Waals surface area contributed by atoms with E-state index in [9.17, 15) is 13.2 Å². The Balaban J connectivity index is 1.49. The van der Waals surface area contributed by atoms with Gasteiger partial charge in [0.15, 0.2) is 0 Å². The van der Waals surface area contributed by atoms with Gasteiger partial charge in [-0.1, -0.05) is 36.4 Å². The molecule has 4 rings (SSSR count). The second-order valence-electron chi connectivity index (χ2n) is 7.68. The maximum atomic E-state index is 13.0. The van der Waals surface area contributed by atoms with Gasteiger partial charge in [-0.2, -0.15) is 0 Å². The minimum absolute atomic E-state index is 0.181. The average molecular weight is 451 g/mol. The van der Waals surface area contributed by atoms with Crippen molar-refractivity contribution in [3.05, 3.63) is 84.1 Å². The summed E-state index contributed by atoms with van der Waals surface area (Å²) < 4.78 is 28.1. The van der Waals surface area contributed by atoms with Crippen molar-refractivity contribution in [2.45, 2.75) is 30.7 Å². The van der Waals surface area contributed by atoms with Gasteiger partial charge in [-0.05, 0) is 55.2 Å². The molecule has 0 spiro atoms. The lowest BCUT2D eigenvalue weighted by molar-refractivity contribution is 0.0951. The van der Waals surface area contributed by atoms with Crippen LogP contribution in [0.2, 0.25) is 0 Å². The molecular formula is C24H26N4O3S. The third kappa shape index (κ3) is 5.08. The zero-order chi connectivity index (χ0) is 22.4. The Labute approximate surface area is 188 Å². The molecule has 1 aliphatic rings. The zero-order valence-corrected chi connectivity index (χ0v) is 18.5. The van der Waals surface area contributed by atoms with E-state index in [4.69, 9.17) is 0 Å². The number of carbonyl (C=O) groups excluding carboxylic acids is 1. The second-order valence-corrected chi connectivity index (χ2v) is 9.36. The van der Waals surface area contributed by atoms with Crippen LogP contribution < -0.4 is 14.9 Å². The third-order valence-electron chi connectivity index (χ3n) is 5.44. The lowest BCUT2D eigenvalue weighted by Crippen LogP contribution is -2.33. The van der Waals surface area contributed by atoms with Gasteiger partial charge in [0.05, 0.1) is 16.1 Å². The number of aromatic nitrogens is 1. The van der Waals surface area contributed by atoms with Crippen LogP contribution in [-0.2, 0) is 16.6 Å². The Morgan fingerprint density at radius 3 is 2.41 bits per heavy atom. The molecule has 0 saturated carbocycles. The highest BCUT2D eigenvalue weighted by Crippen LogP contribution is 2.23. The van der Waals surface area contributed by atoms with Crippen LogP contribution in [-0.4, -0.2) is 32.4 Å². The summed E-state index contributed by atoms with van der Waals surface area (Å²) in [5, 5.41) is 2.92. The standard InChI is InChI=1S/C24H26N4O3S/c29-24(21-13-9-15-25-23(21)28-16-7-2-8-17-28)26-18-19-10-5-6-14-22(19)27-32(30,31)20-11-3-1-4-12-20/h1,3-6,9-15,27H,2,7-8,16-18H2,(H,26,29). The molecule has 2 aromatic carbocycles. The van der Waals surface area contributed by atoms with E-state index in [0.29, 0.717) is 22.6 Å². The van der Waals surface area contributed by atoms with Gasteiger partial charge in [0.1, 0.15) is 5.82 Å². The van der Waals surface area contributed by atoms with Crippen LogP contribution in [0.3, 0.4) is 0 Å². The molecular weight excluding hydrogens is 424 g/mol. The Kier molecular flexibility index (Phi) is 6.70. The lowest BCUT2D eigenvalue weighted by Gasteiger charge is -2.29. The number of sulfonamides is 1. The minimum Gasteiger partial charge on any atom is -0.356 e. The number of carbonyl (C=O) groups is 1. The fourth-order valence-electron chi connectivity index (χ4n) is 3.78. The van der Waals surface area contributed by atoms with Crippen molar-refractivity contribution < 1.29 is 13.2 Å². The topological polar surface area (TPSA) is 91.4 Å². The summed E-state index contributed by atoms with van der Waals surface area (Å²) in [5.74, 6) is 0.460. The van der Waals surface area contributed by atoms with Crippen molar-refractivity contribution in [1.29, 1.82) is 0 Å². The Hall–Kier alpha value is -3.39. The van der Waals surface area contributed by atoms with E-state index in [-0.39, 0.29) is 17.3 Å². The number of hydrogen-bond donors (Lipinski definition) is 2. The van der Waals surface area contributed by atoms with Gasteiger partial charge in [-0.3, -0.25) is 9.52 Å². The van der Waals surface area contributed by atoms with E-state index in [1.54, 1.807) is 54.7 Å². The highest BCUT2D eigenvalue weighted by atomic mass is 32.2. The molecule has 166 valence electrons. The number of pyridine rings is 1. The first kappa shape index (κ1) is 21.8. The van der Waals surface area contributed by atoms with Gasteiger partial charge in [0.2, 0.25) is 0 Å². The fourth-order valence-corrected chi connectivity index (χ4v) is 4.90. The highest BCUT2D eigenvalue weighted by Gasteiger charge is 2.20. The lowest BCUT2D eigenvalue weighted by atomic mass is 10.1. The fraction of sp³-hybridized carbons (Fsp3) is 0.250. The molecule has 2 N–H and O–H groups in total. The first-order valence-corrected chi connectivity index (χ1v) is 12.2. The summed E-state index contributed by atoms with van der Waals surface area (Å²) in [4.78, 5) is 19.8. The molecule has 1 saturated heterocycles. The van der Waals surface area contributed by atoms with Gasteiger partial charge in [-0.15, -0.1) is 0 Å². The molecule has 1 amide bonds. The van der Waals surface area contributed by atoms with Crippen molar-refractivity contribution in [2.24, 2.45) is 0 Å². The number of piperidine rings is 1. The molecule has 2 heterocycles. The molecule has 1 aromatic heterocycles. The third-order valence-corrected chi connectivity index (χ3v) is 6.82. The maximum absolute atomic E-state index is 13.0. The van der Waals surface area contributed by atoms with Crippen LogP contribution in [0.15, 0.2) is 77.8 Å². The normalized spacial score (nSPS) is 14.1. The number of nitrogens with one attached hydrogen (secondary N) is 2. The minimum atomic E-state index is -3.73. The van der Waals surface area contributed by atoms with E-state index in [2.05, 4.69) is 19.9 Å². The number of rotatable bonds is 7. The van der Waals surface area contributed by atoms with E-state index in [1.807, 2.05) is 6.07 Å². The molecule has 0 atom stereocenters. The largest absolute Gasteiger partial charge is 0.356 e. The summed E-state index contributed by atoms with van der Waals surface area (Å²) in [6.45, 7) is 1.96. The summed E-state index contributed by atoms with van der Waals surface area (Å²) >= 11 is 0. The number of hydrogen-bond acceptors (Lipinski definition) is 5. The highest BCUT2D eigenvalue weighted by molar-refractivity contribution is 7.92. The first-order valence-electron chi connectivity index (χ1n) is 10.7. The second kappa shape index (κ2) is 9.82. The van der Waals surface area contributed by atoms with E-state index in [1.165, 1.54) is 18.6 Å². The van der Waals surface area contributed by atoms with Crippen molar-refractivity contribution in [3.8, 4) is 0 Å². The van der Waals surface area contributed by atoms with Crippen LogP contribution in [0, 0.1) is 0 Å². The number of amides is 1. The number of benzene rings is 2. The van der Waals surface area contributed by atoms with E-state index >= 15 is 0 Å². The predicted molar refractivity (Wildman–Crippen MR) is 125 cm³/mol. The SMILES string of the molecule is O=C(NCc1ccccc1NS(=O)(=O)c1ccccc1)c1cccnc1N1CCCCC1. The van der Waals surface area contributed by atoms with Crippen molar-refractivity contribution in [2.75, 3.05) is 22.7 Å². The van der Waals surface area contributed by atoms with Crippen LogP contribution in [0.5, 0.6) is 0 Å². The number of nitrogens with zero attached hydrogens (tertiary/aromatic N) is 2. The molecule has 32 heavy (non-hydrogen) atoms. The smallest absolute Gasteiger partial charge is 0.261 e. The van der Waals surface area contributed by atoms with Gasteiger partial charge in [-0.25, -0.2) is 13.4 Å². The number of para-hydroxylation sites is 1. The van der Waals surface area contributed by atoms with Crippen molar-refractivity contribution >= 4 is 27.4 Å². The summed E-state index contributed by atoms with van der Waals surface area (Å²) in [6.07, 6.45) is 5.08. The molecule has 7 nitrogen and oxygen atoms in total. The summed E-state index contributed by atoms with van der Waals surface area (Å²) in [5.41, 5.74) is 1.62. The summed E-state index contributed by atoms with van der Waals surface area (Å²) in [7, 11) is -3.73. The molecule has 1 fully saturated rings. The molecule has 3 aromatic rings. The Morgan fingerprint density at radius 1 is 0.906 bits per heavy atom. The van der Waals surface area contributed by atoms with Crippen molar-refractivity contribution in [1.82, 2.24) is 10.3 Å². The monoisotopic (exact) mass is 450 g/mol. The first-order chi connectivity index (χ1) is 15.5. The van der Waals surface area contributed by atoms with Crippen LogP contribution in [0.1, 0.15) is 35.2 Å². The van der Waals surface area contributed by atoms with E-state index < -0.39 is 10.0 Å². The van der Waals surface area contributed by atoms with E-state index in [0.717, 1.165) is 25.9 Å². The molecule has 0 aliphatic carbocycles.